The maximum absolute atomic E-state index is 13.1. The summed E-state index contributed by atoms with van der Waals surface area (Å²) >= 11 is 0. The number of nitrogens with zero attached hydrogens (tertiary/aromatic N) is 1. The van der Waals surface area contributed by atoms with Gasteiger partial charge in [0.25, 0.3) is 0 Å². The van der Waals surface area contributed by atoms with Crippen LogP contribution in [0.25, 0.3) is 0 Å². The number of alkyl halides is 3. The van der Waals surface area contributed by atoms with Crippen molar-refractivity contribution in [3.05, 3.63) is 29.8 Å². The molecule has 0 aliphatic carbocycles. The van der Waals surface area contributed by atoms with Crippen LogP contribution in [0.2, 0.25) is 0 Å². The fraction of sp³-hybridized carbons (Fsp3) is 0.500. The molecule has 1 rings (SSSR count). The molecule has 0 fully saturated rings. The molecule has 0 saturated heterocycles. The first kappa shape index (κ1) is 19.3. The van der Waals surface area contributed by atoms with Gasteiger partial charge in [0.1, 0.15) is 0 Å². The molecule has 0 aliphatic heterocycles. The molecule has 5 nitrogen and oxygen atoms in total. The highest BCUT2D eigenvalue weighted by Gasteiger charge is 2.36. The highest BCUT2D eigenvalue weighted by molar-refractivity contribution is 7.92. The van der Waals surface area contributed by atoms with Crippen LogP contribution < -0.4 is 9.62 Å². The average Bonchev–Trinajstić information content (AvgIpc) is 2.43. The van der Waals surface area contributed by atoms with Gasteiger partial charge in [0.2, 0.25) is 15.9 Å². The van der Waals surface area contributed by atoms with Gasteiger partial charge in [-0.15, -0.1) is 0 Å². The molecule has 0 bridgehead atoms. The third-order valence-electron chi connectivity index (χ3n) is 2.99. The molecule has 0 heterocycles. The number of sulfonamides is 1. The zero-order valence-electron chi connectivity index (χ0n) is 12.9. The molecule has 1 aromatic rings. The number of benzene rings is 1. The van der Waals surface area contributed by atoms with E-state index in [1.54, 1.807) is 0 Å². The van der Waals surface area contributed by atoms with Crippen LogP contribution in [0.1, 0.15) is 25.3 Å². The number of rotatable bonds is 7. The van der Waals surface area contributed by atoms with Gasteiger partial charge in [-0.1, -0.05) is 19.1 Å². The average molecular weight is 352 g/mol. The number of amides is 1. The van der Waals surface area contributed by atoms with Gasteiger partial charge >= 0.3 is 6.18 Å². The van der Waals surface area contributed by atoms with Crippen LogP contribution >= 0.6 is 0 Å². The van der Waals surface area contributed by atoms with Gasteiger partial charge in [-0.3, -0.25) is 9.10 Å². The molecule has 1 amide bonds. The summed E-state index contributed by atoms with van der Waals surface area (Å²) in [6.07, 6.45) is -3.40. The summed E-state index contributed by atoms with van der Waals surface area (Å²) in [5.41, 5.74) is -1.54. The molecule has 0 saturated carbocycles. The molecule has 0 spiro atoms. The molecule has 0 unspecified atom stereocenters. The lowest BCUT2D eigenvalue weighted by atomic mass is 10.1. The molecule has 23 heavy (non-hydrogen) atoms. The van der Waals surface area contributed by atoms with E-state index >= 15 is 0 Å². The fourth-order valence-corrected chi connectivity index (χ4v) is 2.89. The lowest BCUT2D eigenvalue weighted by Crippen LogP contribution is -2.36. The quantitative estimate of drug-likeness (QED) is 0.819. The maximum atomic E-state index is 13.1. The first-order valence-electron chi connectivity index (χ1n) is 6.98. The minimum absolute atomic E-state index is 0.223. The Hall–Kier alpha value is -1.77. The van der Waals surface area contributed by atoms with E-state index in [0.29, 0.717) is 17.3 Å². The van der Waals surface area contributed by atoms with Gasteiger partial charge < -0.3 is 5.32 Å². The Bertz CT molecular complexity index is 645. The highest BCUT2D eigenvalue weighted by atomic mass is 32.2. The largest absolute Gasteiger partial charge is 0.418 e. The molecule has 0 aliphatic rings. The first-order valence-corrected chi connectivity index (χ1v) is 8.82. The topological polar surface area (TPSA) is 66.5 Å². The van der Waals surface area contributed by atoms with Crippen LogP contribution in [0.4, 0.5) is 18.9 Å². The summed E-state index contributed by atoms with van der Waals surface area (Å²) in [4.78, 5) is 11.6. The van der Waals surface area contributed by atoms with Gasteiger partial charge in [-0.2, -0.15) is 13.2 Å². The number of halogens is 3. The summed E-state index contributed by atoms with van der Waals surface area (Å²) < 4.78 is 63.5. The summed E-state index contributed by atoms with van der Waals surface area (Å²) in [5, 5.41) is 2.55. The van der Waals surface area contributed by atoms with E-state index in [4.69, 9.17) is 0 Å². The highest BCUT2D eigenvalue weighted by Crippen LogP contribution is 2.37. The van der Waals surface area contributed by atoms with Crippen molar-refractivity contribution in [2.45, 2.75) is 25.9 Å². The van der Waals surface area contributed by atoms with Crippen LogP contribution in [0, 0.1) is 0 Å². The Balaban J connectivity index is 3.08. The van der Waals surface area contributed by atoms with Crippen molar-refractivity contribution in [2.24, 2.45) is 0 Å². The number of nitrogens with one attached hydrogen (secondary N) is 1. The smallest absolute Gasteiger partial charge is 0.356 e. The van der Waals surface area contributed by atoms with Crippen LogP contribution in [0.3, 0.4) is 0 Å². The molecule has 1 aromatic carbocycles. The lowest BCUT2D eigenvalue weighted by molar-refractivity contribution is -0.137. The standard InChI is InChI=1S/C14H19F3N2O3S/c1-3-9-18-13(20)8-10-19(23(2,21)22)12-7-5-4-6-11(12)14(15,16)17/h4-7H,3,8-10H2,1-2H3,(H,18,20). The lowest BCUT2D eigenvalue weighted by Gasteiger charge is -2.25. The van der Waals surface area contributed by atoms with Crippen molar-refractivity contribution in [1.29, 1.82) is 0 Å². The number of carbonyl (C=O) groups excluding carboxylic acids is 1. The number of para-hydroxylation sites is 1. The van der Waals surface area contributed by atoms with E-state index in [1.807, 2.05) is 6.92 Å². The maximum Gasteiger partial charge on any atom is 0.418 e. The molecule has 0 radical (unpaired) electrons. The molecule has 1 N–H and O–H groups in total. The van der Waals surface area contributed by atoms with Crippen LogP contribution in [-0.4, -0.2) is 33.7 Å². The predicted octanol–water partition coefficient (Wildman–Crippen LogP) is 2.39. The third kappa shape index (κ3) is 5.74. The summed E-state index contributed by atoms with van der Waals surface area (Å²) in [5.74, 6) is -0.412. The Kier molecular flexibility index (Phi) is 6.43. The van der Waals surface area contributed by atoms with Gasteiger partial charge in [-0.05, 0) is 18.6 Å². The van der Waals surface area contributed by atoms with E-state index in [0.717, 1.165) is 18.4 Å². The predicted molar refractivity (Wildman–Crippen MR) is 81.6 cm³/mol. The normalized spacial score (nSPS) is 12.0. The molecule has 130 valence electrons. The monoisotopic (exact) mass is 352 g/mol. The van der Waals surface area contributed by atoms with E-state index in [-0.39, 0.29) is 13.0 Å². The van der Waals surface area contributed by atoms with Crippen molar-refractivity contribution in [2.75, 3.05) is 23.7 Å². The zero-order valence-corrected chi connectivity index (χ0v) is 13.7. The van der Waals surface area contributed by atoms with E-state index in [1.165, 1.54) is 12.1 Å². The summed E-state index contributed by atoms with van der Waals surface area (Å²) in [6, 6.07) is 4.39. The number of hydrogen-bond donors (Lipinski definition) is 1. The Labute approximate surface area is 133 Å². The summed E-state index contributed by atoms with van der Waals surface area (Å²) in [7, 11) is -3.96. The minimum atomic E-state index is -4.69. The molecular formula is C14H19F3N2O3S. The molecule has 0 atom stereocenters. The molecule has 9 heteroatoms. The van der Waals surface area contributed by atoms with E-state index < -0.39 is 33.4 Å². The van der Waals surface area contributed by atoms with Gasteiger partial charge in [0.15, 0.2) is 0 Å². The Morgan fingerprint density at radius 1 is 1.26 bits per heavy atom. The van der Waals surface area contributed by atoms with Crippen molar-refractivity contribution in [3.63, 3.8) is 0 Å². The van der Waals surface area contributed by atoms with Crippen molar-refractivity contribution in [3.8, 4) is 0 Å². The second-order valence-electron chi connectivity index (χ2n) is 4.95. The van der Waals surface area contributed by atoms with Gasteiger partial charge in [0.05, 0.1) is 17.5 Å². The van der Waals surface area contributed by atoms with Gasteiger partial charge in [-0.25, -0.2) is 8.42 Å². The van der Waals surface area contributed by atoms with Crippen LogP contribution in [0.5, 0.6) is 0 Å². The molecule has 0 aromatic heterocycles. The Morgan fingerprint density at radius 3 is 2.39 bits per heavy atom. The van der Waals surface area contributed by atoms with Crippen molar-refractivity contribution < 1.29 is 26.4 Å². The molecular weight excluding hydrogens is 333 g/mol. The van der Waals surface area contributed by atoms with Gasteiger partial charge in [0, 0.05) is 19.5 Å². The number of carbonyl (C=O) groups is 1. The third-order valence-corrected chi connectivity index (χ3v) is 4.17. The first-order chi connectivity index (χ1) is 10.6. The summed E-state index contributed by atoms with van der Waals surface area (Å²) in [6.45, 7) is 1.92. The second-order valence-corrected chi connectivity index (χ2v) is 6.86. The number of anilines is 1. The van der Waals surface area contributed by atoms with E-state index in [9.17, 15) is 26.4 Å². The minimum Gasteiger partial charge on any atom is -0.356 e. The van der Waals surface area contributed by atoms with Crippen molar-refractivity contribution in [1.82, 2.24) is 5.32 Å². The number of hydrogen-bond acceptors (Lipinski definition) is 3. The fourth-order valence-electron chi connectivity index (χ4n) is 1.95. The van der Waals surface area contributed by atoms with E-state index in [2.05, 4.69) is 5.32 Å². The van der Waals surface area contributed by atoms with Crippen LogP contribution in [0.15, 0.2) is 24.3 Å². The zero-order chi connectivity index (χ0) is 17.7. The second kappa shape index (κ2) is 7.67. The Morgan fingerprint density at radius 2 is 1.87 bits per heavy atom. The SMILES string of the molecule is CCCNC(=O)CCN(c1ccccc1C(F)(F)F)S(C)(=O)=O. The van der Waals surface area contributed by atoms with Crippen LogP contribution in [-0.2, 0) is 21.0 Å². The van der Waals surface area contributed by atoms with Crippen molar-refractivity contribution >= 4 is 21.6 Å².